The molecule has 6 rings (SSSR count). The zero-order valence-electron chi connectivity index (χ0n) is 25.1. The minimum Gasteiger partial charge on any atom is -0.378 e. The number of H-pyrrole nitrogens is 1. The fraction of sp³-hybridized carbons (Fsp3) is 0.0857. The van der Waals surface area contributed by atoms with E-state index in [4.69, 9.17) is 0 Å². The molecule has 1 amide bonds. The summed E-state index contributed by atoms with van der Waals surface area (Å²) in [6.07, 6.45) is 1.55. The van der Waals surface area contributed by atoms with Crippen LogP contribution in [0.3, 0.4) is 0 Å². The summed E-state index contributed by atoms with van der Waals surface area (Å²) in [5, 5.41) is 12.8. The lowest BCUT2D eigenvalue weighted by atomic mass is 10.1. The highest BCUT2D eigenvalue weighted by Gasteiger charge is 2.11. The van der Waals surface area contributed by atoms with Gasteiger partial charge in [-0.05, 0) is 73.7 Å². The average molecular weight is 597 g/mol. The Morgan fingerprint density at radius 2 is 1.51 bits per heavy atom. The van der Waals surface area contributed by atoms with Crippen molar-refractivity contribution in [3.8, 4) is 16.9 Å². The Bertz CT molecular complexity index is 2030. The molecule has 0 fully saturated rings. The van der Waals surface area contributed by atoms with Crippen LogP contribution in [0.2, 0.25) is 0 Å². The Hall–Kier alpha value is -6.16. The smallest absolute Gasteiger partial charge is 0.271 e. The minimum atomic E-state index is -0.258. The number of anilines is 6. The number of nitrogens with one attached hydrogen (secondary N) is 4. The fourth-order valence-corrected chi connectivity index (χ4v) is 4.90. The third kappa shape index (κ3) is 6.75. The number of rotatable bonds is 9. The second-order valence-electron chi connectivity index (χ2n) is 10.7. The molecule has 4 N–H and O–H groups in total. The summed E-state index contributed by atoms with van der Waals surface area (Å²) < 4.78 is 1.44. The number of nitrogens with zero attached hydrogens (tertiary/aromatic N) is 4. The second kappa shape index (κ2) is 12.6. The van der Waals surface area contributed by atoms with Crippen LogP contribution in [-0.2, 0) is 0 Å². The number of aryl methyl sites for hydroxylation is 1. The molecule has 6 aromatic rings. The molecule has 0 aliphatic rings. The second-order valence-corrected chi connectivity index (χ2v) is 10.7. The van der Waals surface area contributed by atoms with Gasteiger partial charge in [-0.15, -0.1) is 0 Å². The summed E-state index contributed by atoms with van der Waals surface area (Å²) in [6, 6.07) is 33.8. The highest BCUT2D eigenvalue weighted by atomic mass is 16.1. The van der Waals surface area contributed by atoms with Gasteiger partial charge in [0.25, 0.3) is 11.5 Å². The number of carbonyl (C=O) groups is 1. The third-order valence-electron chi connectivity index (χ3n) is 7.14. The quantitative estimate of drug-likeness (QED) is 0.146. The van der Waals surface area contributed by atoms with Crippen LogP contribution in [0.25, 0.3) is 16.9 Å². The standard InChI is InChI=1S/C35H32N8O2/c1-23-18-34(44)43(41-23)28-16-14-24(15-17-28)35(45)40-26-9-6-8-25(19-26)38-31-13-5-4-12-30(31)32-21-33(37-22-36-32)39-27-10-7-11-29(20-27)42(2)3/h4-22,38,41H,1-3H3,(H,40,45)(H,36,37,39). The topological polar surface area (TPSA) is 120 Å². The molecule has 0 radical (unpaired) electrons. The maximum absolute atomic E-state index is 13.0. The van der Waals surface area contributed by atoms with Crippen molar-refractivity contribution in [3.63, 3.8) is 0 Å². The Morgan fingerprint density at radius 1 is 0.778 bits per heavy atom. The van der Waals surface area contributed by atoms with Crippen LogP contribution in [0.5, 0.6) is 0 Å². The lowest BCUT2D eigenvalue weighted by Crippen LogP contribution is -2.15. The van der Waals surface area contributed by atoms with Crippen molar-refractivity contribution in [1.82, 2.24) is 19.7 Å². The Morgan fingerprint density at radius 3 is 2.27 bits per heavy atom. The van der Waals surface area contributed by atoms with Crippen molar-refractivity contribution < 1.29 is 4.79 Å². The molecule has 0 aliphatic carbocycles. The molecule has 0 saturated heterocycles. The highest BCUT2D eigenvalue weighted by molar-refractivity contribution is 6.04. The van der Waals surface area contributed by atoms with Crippen LogP contribution in [0.1, 0.15) is 16.1 Å². The van der Waals surface area contributed by atoms with Gasteiger partial charge in [-0.25, -0.2) is 14.6 Å². The molecule has 0 atom stereocenters. The van der Waals surface area contributed by atoms with Crippen molar-refractivity contribution in [2.24, 2.45) is 0 Å². The lowest BCUT2D eigenvalue weighted by molar-refractivity contribution is 0.102. The van der Waals surface area contributed by atoms with Crippen molar-refractivity contribution in [3.05, 3.63) is 137 Å². The Kier molecular flexibility index (Phi) is 8.10. The zero-order chi connectivity index (χ0) is 31.3. The molecule has 0 bridgehead atoms. The van der Waals surface area contributed by atoms with Gasteiger partial charge in [0.05, 0.1) is 11.4 Å². The van der Waals surface area contributed by atoms with Gasteiger partial charge in [-0.3, -0.25) is 14.7 Å². The van der Waals surface area contributed by atoms with Crippen LogP contribution in [0.4, 0.5) is 34.3 Å². The fourth-order valence-electron chi connectivity index (χ4n) is 4.90. The number of benzene rings is 4. The molecule has 2 aromatic heterocycles. The number of carbonyl (C=O) groups excluding carboxylic acids is 1. The first-order valence-corrected chi connectivity index (χ1v) is 14.4. The zero-order valence-corrected chi connectivity index (χ0v) is 25.1. The van der Waals surface area contributed by atoms with Gasteiger partial charge in [0.1, 0.15) is 12.1 Å². The van der Waals surface area contributed by atoms with Crippen molar-refractivity contribution in [1.29, 1.82) is 0 Å². The molecule has 45 heavy (non-hydrogen) atoms. The largest absolute Gasteiger partial charge is 0.378 e. The van der Waals surface area contributed by atoms with Crippen molar-refractivity contribution >= 4 is 40.2 Å². The normalized spacial score (nSPS) is 10.7. The molecular weight excluding hydrogens is 564 g/mol. The molecule has 10 nitrogen and oxygen atoms in total. The van der Waals surface area contributed by atoms with Gasteiger partial charge in [0.15, 0.2) is 0 Å². The first-order valence-electron chi connectivity index (χ1n) is 14.4. The molecule has 2 heterocycles. The van der Waals surface area contributed by atoms with E-state index in [0.717, 1.165) is 39.7 Å². The van der Waals surface area contributed by atoms with Gasteiger partial charge in [0, 0.05) is 71.5 Å². The molecule has 0 unspecified atom stereocenters. The van der Waals surface area contributed by atoms with E-state index in [0.29, 0.717) is 22.8 Å². The van der Waals surface area contributed by atoms with Crippen LogP contribution in [-0.4, -0.2) is 39.8 Å². The van der Waals surface area contributed by atoms with E-state index in [1.54, 1.807) is 30.6 Å². The van der Waals surface area contributed by atoms with E-state index < -0.39 is 0 Å². The number of aromatic nitrogens is 4. The lowest BCUT2D eigenvalue weighted by Gasteiger charge is -2.15. The van der Waals surface area contributed by atoms with E-state index in [1.165, 1.54) is 10.7 Å². The summed E-state index contributed by atoms with van der Waals surface area (Å²) in [5.41, 5.74) is 7.68. The number of amides is 1. The summed E-state index contributed by atoms with van der Waals surface area (Å²) in [7, 11) is 4.01. The van der Waals surface area contributed by atoms with E-state index in [1.807, 2.05) is 98.7 Å². The van der Waals surface area contributed by atoms with Gasteiger partial charge >= 0.3 is 0 Å². The number of hydrogen-bond acceptors (Lipinski definition) is 7. The Labute approximate surface area is 260 Å². The summed E-state index contributed by atoms with van der Waals surface area (Å²) >= 11 is 0. The van der Waals surface area contributed by atoms with E-state index in [-0.39, 0.29) is 11.5 Å². The van der Waals surface area contributed by atoms with Gasteiger partial charge in [-0.1, -0.05) is 30.3 Å². The van der Waals surface area contributed by atoms with Crippen molar-refractivity contribution in [2.45, 2.75) is 6.92 Å². The number of aromatic amines is 1. The van der Waals surface area contributed by atoms with Crippen LogP contribution >= 0.6 is 0 Å². The first kappa shape index (κ1) is 28.9. The molecule has 0 spiro atoms. The van der Waals surface area contributed by atoms with Gasteiger partial charge in [-0.2, -0.15) is 0 Å². The SMILES string of the molecule is Cc1cc(=O)n(-c2ccc(C(=O)Nc3cccc(Nc4ccccc4-c4cc(Nc5cccc(N(C)C)c5)ncn4)c3)cc2)[nH]1. The van der Waals surface area contributed by atoms with Crippen LogP contribution in [0.15, 0.2) is 120 Å². The molecule has 0 aliphatic heterocycles. The molecular formula is C35H32N8O2. The van der Waals surface area contributed by atoms with E-state index >= 15 is 0 Å². The number of hydrogen-bond donors (Lipinski definition) is 4. The van der Waals surface area contributed by atoms with Crippen molar-refractivity contribution in [2.75, 3.05) is 34.9 Å². The summed E-state index contributed by atoms with van der Waals surface area (Å²) in [5.74, 6) is 0.421. The maximum atomic E-state index is 13.0. The number of para-hydroxylation sites is 1. The maximum Gasteiger partial charge on any atom is 0.271 e. The van der Waals surface area contributed by atoms with E-state index in [2.05, 4.69) is 37.1 Å². The molecule has 4 aromatic carbocycles. The first-order chi connectivity index (χ1) is 21.8. The Balaban J connectivity index is 1.17. The third-order valence-corrected chi connectivity index (χ3v) is 7.14. The predicted molar refractivity (Wildman–Crippen MR) is 180 cm³/mol. The van der Waals surface area contributed by atoms with Gasteiger partial charge < -0.3 is 20.9 Å². The summed E-state index contributed by atoms with van der Waals surface area (Å²) in [6.45, 7) is 1.82. The van der Waals surface area contributed by atoms with E-state index in [9.17, 15) is 9.59 Å². The molecule has 224 valence electrons. The summed E-state index contributed by atoms with van der Waals surface area (Å²) in [4.78, 5) is 36.2. The van der Waals surface area contributed by atoms with Gasteiger partial charge in [0.2, 0.25) is 0 Å². The van der Waals surface area contributed by atoms with Crippen LogP contribution in [0, 0.1) is 6.92 Å². The highest BCUT2D eigenvalue weighted by Crippen LogP contribution is 2.31. The average Bonchev–Trinajstić information content (AvgIpc) is 3.39. The predicted octanol–water partition coefficient (Wildman–Crippen LogP) is 6.74. The van der Waals surface area contributed by atoms with Crippen LogP contribution < -0.4 is 26.4 Å². The minimum absolute atomic E-state index is 0.154. The monoisotopic (exact) mass is 596 g/mol. The molecule has 0 saturated carbocycles. The molecule has 10 heteroatoms.